The molecule has 1 aliphatic heterocycles. The van der Waals surface area contributed by atoms with E-state index in [0.717, 1.165) is 28.6 Å². The Labute approximate surface area is 211 Å². The van der Waals surface area contributed by atoms with Gasteiger partial charge in [-0.3, -0.25) is 19.3 Å². The molecule has 3 amide bonds. The van der Waals surface area contributed by atoms with Crippen LogP contribution in [-0.2, 0) is 16.0 Å². The second-order valence-electron chi connectivity index (χ2n) is 7.23. The molecule has 7 nitrogen and oxygen atoms in total. The largest absolute Gasteiger partial charge is 0.490 e. The van der Waals surface area contributed by atoms with Crippen LogP contribution in [0.25, 0.3) is 6.08 Å². The maximum absolute atomic E-state index is 12.9. The van der Waals surface area contributed by atoms with Gasteiger partial charge < -0.3 is 14.8 Å². The molecule has 34 heavy (non-hydrogen) atoms. The average molecular weight is 545 g/mol. The molecule has 1 N–H and O–H groups in total. The summed E-state index contributed by atoms with van der Waals surface area (Å²) in [5.41, 5.74) is 2.40. The lowest BCUT2D eigenvalue weighted by Crippen LogP contribution is -2.36. The molecule has 3 rings (SSSR count). The van der Waals surface area contributed by atoms with Gasteiger partial charge in [-0.15, -0.1) is 0 Å². The minimum atomic E-state index is -0.521. The SMILES string of the molecule is C=CCOc1c(Br)cc(/C=C2/SC(=O)N(CC(=O)Nc3ccc(CC)cc3)C2=O)cc1OCC. The highest BCUT2D eigenvalue weighted by Gasteiger charge is 2.36. The third-order valence-electron chi connectivity index (χ3n) is 4.80. The number of anilines is 1. The molecular formula is C25H25BrN2O5S. The number of rotatable bonds is 10. The predicted octanol–water partition coefficient (Wildman–Crippen LogP) is 5.65. The fraction of sp³-hybridized carbons (Fsp3) is 0.240. The number of thioether (sulfide) groups is 1. The average Bonchev–Trinajstić information content (AvgIpc) is 3.06. The van der Waals surface area contributed by atoms with E-state index in [-0.39, 0.29) is 11.4 Å². The maximum atomic E-state index is 12.9. The van der Waals surface area contributed by atoms with Gasteiger partial charge in [-0.1, -0.05) is 31.7 Å². The van der Waals surface area contributed by atoms with Crippen molar-refractivity contribution in [3.63, 3.8) is 0 Å². The Bertz CT molecular complexity index is 1130. The topological polar surface area (TPSA) is 84.9 Å². The first kappa shape index (κ1) is 25.6. The van der Waals surface area contributed by atoms with Gasteiger partial charge in [0.1, 0.15) is 13.2 Å². The van der Waals surface area contributed by atoms with E-state index in [0.29, 0.717) is 40.4 Å². The molecule has 178 valence electrons. The van der Waals surface area contributed by atoms with Crippen molar-refractivity contribution in [2.45, 2.75) is 20.3 Å². The van der Waals surface area contributed by atoms with Gasteiger partial charge >= 0.3 is 0 Å². The van der Waals surface area contributed by atoms with Crippen molar-refractivity contribution in [1.29, 1.82) is 0 Å². The molecule has 0 spiro atoms. The van der Waals surface area contributed by atoms with E-state index >= 15 is 0 Å². The molecule has 0 aromatic heterocycles. The summed E-state index contributed by atoms with van der Waals surface area (Å²) in [5.74, 6) is 0.0544. The smallest absolute Gasteiger partial charge is 0.294 e. The van der Waals surface area contributed by atoms with Crippen LogP contribution < -0.4 is 14.8 Å². The van der Waals surface area contributed by atoms with Crippen LogP contribution in [0, 0.1) is 0 Å². The van der Waals surface area contributed by atoms with Crippen LogP contribution in [0.3, 0.4) is 0 Å². The van der Waals surface area contributed by atoms with Crippen molar-refractivity contribution in [3.05, 3.63) is 69.6 Å². The van der Waals surface area contributed by atoms with E-state index in [4.69, 9.17) is 9.47 Å². The number of carbonyl (C=O) groups is 3. The van der Waals surface area contributed by atoms with Crippen LogP contribution >= 0.6 is 27.7 Å². The highest BCUT2D eigenvalue weighted by molar-refractivity contribution is 9.10. The zero-order valence-electron chi connectivity index (χ0n) is 18.9. The van der Waals surface area contributed by atoms with Crippen LogP contribution in [0.5, 0.6) is 11.5 Å². The maximum Gasteiger partial charge on any atom is 0.294 e. The number of aryl methyl sites for hydroxylation is 1. The van der Waals surface area contributed by atoms with Crippen molar-refractivity contribution < 1.29 is 23.9 Å². The predicted molar refractivity (Wildman–Crippen MR) is 138 cm³/mol. The summed E-state index contributed by atoms with van der Waals surface area (Å²) in [6.07, 6.45) is 4.11. The summed E-state index contributed by atoms with van der Waals surface area (Å²) in [7, 11) is 0. The lowest BCUT2D eigenvalue weighted by molar-refractivity contribution is -0.127. The number of amides is 3. The van der Waals surface area contributed by atoms with Gasteiger partial charge in [-0.05, 0) is 82.5 Å². The molecule has 0 unspecified atom stereocenters. The molecule has 2 aromatic carbocycles. The number of imide groups is 1. The molecule has 0 bridgehead atoms. The quantitative estimate of drug-likeness (QED) is 0.307. The van der Waals surface area contributed by atoms with Gasteiger partial charge in [0.05, 0.1) is 16.0 Å². The Hall–Kier alpha value is -3.04. The van der Waals surface area contributed by atoms with Crippen molar-refractivity contribution in [1.82, 2.24) is 4.90 Å². The lowest BCUT2D eigenvalue weighted by Gasteiger charge is -2.14. The molecule has 0 atom stereocenters. The Morgan fingerprint density at radius 1 is 1.18 bits per heavy atom. The van der Waals surface area contributed by atoms with Gasteiger partial charge in [-0.25, -0.2) is 0 Å². The first-order chi connectivity index (χ1) is 16.4. The summed E-state index contributed by atoms with van der Waals surface area (Å²) in [6, 6.07) is 10.9. The first-order valence-electron chi connectivity index (χ1n) is 10.7. The normalized spacial score (nSPS) is 14.4. The molecule has 1 saturated heterocycles. The summed E-state index contributed by atoms with van der Waals surface area (Å²) >= 11 is 4.26. The number of carbonyl (C=O) groups excluding carboxylic acids is 3. The van der Waals surface area contributed by atoms with Crippen molar-refractivity contribution >= 4 is 56.5 Å². The zero-order valence-corrected chi connectivity index (χ0v) is 21.3. The van der Waals surface area contributed by atoms with Crippen molar-refractivity contribution in [3.8, 4) is 11.5 Å². The highest BCUT2D eigenvalue weighted by Crippen LogP contribution is 2.39. The molecule has 0 radical (unpaired) electrons. The van der Waals surface area contributed by atoms with Crippen LogP contribution in [0.4, 0.5) is 10.5 Å². The Morgan fingerprint density at radius 3 is 2.56 bits per heavy atom. The zero-order chi connectivity index (χ0) is 24.7. The van der Waals surface area contributed by atoms with Crippen LogP contribution in [0.2, 0.25) is 0 Å². The number of nitrogens with zero attached hydrogens (tertiary/aromatic N) is 1. The second-order valence-corrected chi connectivity index (χ2v) is 9.08. The van der Waals surface area contributed by atoms with Crippen LogP contribution in [0.15, 0.2) is 58.4 Å². The van der Waals surface area contributed by atoms with E-state index < -0.39 is 17.1 Å². The number of benzene rings is 2. The standard InChI is InChI=1S/C25H25BrN2O5S/c1-4-11-33-23-19(26)12-17(13-20(23)32-6-3)14-21-24(30)28(25(31)34-21)15-22(29)27-18-9-7-16(5-2)8-10-18/h4,7-10,12-14H,1,5-6,11,15H2,2-3H3,(H,27,29)/b21-14+. The monoisotopic (exact) mass is 544 g/mol. The third-order valence-corrected chi connectivity index (χ3v) is 6.29. The summed E-state index contributed by atoms with van der Waals surface area (Å²) in [5, 5.41) is 2.22. The Morgan fingerprint density at radius 2 is 1.91 bits per heavy atom. The summed E-state index contributed by atoms with van der Waals surface area (Å²) in [6.45, 7) is 7.91. The van der Waals surface area contributed by atoms with Crippen LogP contribution in [-0.4, -0.2) is 41.7 Å². The van der Waals surface area contributed by atoms with E-state index in [1.54, 1.807) is 36.4 Å². The molecular weight excluding hydrogens is 520 g/mol. The summed E-state index contributed by atoms with van der Waals surface area (Å²) < 4.78 is 12.0. The minimum Gasteiger partial charge on any atom is -0.490 e. The van der Waals surface area contributed by atoms with Gasteiger partial charge in [0.25, 0.3) is 11.1 Å². The van der Waals surface area contributed by atoms with E-state index in [2.05, 4.69) is 27.8 Å². The fourth-order valence-corrected chi connectivity index (χ4v) is 4.58. The number of halogens is 1. The molecule has 1 aliphatic rings. The Balaban J connectivity index is 1.74. The molecule has 2 aromatic rings. The summed E-state index contributed by atoms with van der Waals surface area (Å²) in [4.78, 5) is 38.9. The number of ether oxygens (including phenoxy) is 2. The molecule has 0 aliphatic carbocycles. The van der Waals surface area contributed by atoms with Gasteiger partial charge in [0, 0.05) is 5.69 Å². The second kappa shape index (κ2) is 11.9. The first-order valence-corrected chi connectivity index (χ1v) is 12.3. The van der Waals surface area contributed by atoms with Crippen LogP contribution in [0.1, 0.15) is 25.0 Å². The number of hydrogen-bond donors (Lipinski definition) is 1. The molecule has 0 saturated carbocycles. The lowest BCUT2D eigenvalue weighted by atomic mass is 10.1. The van der Waals surface area contributed by atoms with E-state index in [9.17, 15) is 14.4 Å². The van der Waals surface area contributed by atoms with Gasteiger partial charge in [0.2, 0.25) is 5.91 Å². The number of hydrogen-bond acceptors (Lipinski definition) is 6. The third kappa shape index (κ3) is 6.30. The fourth-order valence-electron chi connectivity index (χ4n) is 3.17. The molecule has 1 fully saturated rings. The van der Waals surface area contributed by atoms with Gasteiger partial charge in [0.15, 0.2) is 11.5 Å². The molecule has 1 heterocycles. The molecule has 9 heteroatoms. The van der Waals surface area contributed by atoms with Gasteiger partial charge in [-0.2, -0.15) is 0 Å². The van der Waals surface area contributed by atoms with Crippen molar-refractivity contribution in [2.24, 2.45) is 0 Å². The highest BCUT2D eigenvalue weighted by atomic mass is 79.9. The minimum absolute atomic E-state index is 0.221. The van der Waals surface area contributed by atoms with E-state index in [1.807, 2.05) is 26.0 Å². The number of nitrogens with one attached hydrogen (secondary N) is 1. The van der Waals surface area contributed by atoms with Crippen molar-refractivity contribution in [2.75, 3.05) is 25.1 Å². The Kier molecular flexibility index (Phi) is 8.95. The van der Waals surface area contributed by atoms with E-state index in [1.165, 1.54) is 0 Å².